The molecule has 1 aromatic carbocycles. The molecule has 0 aliphatic heterocycles. The molecule has 0 heterocycles. The van der Waals surface area contributed by atoms with Crippen LogP contribution in [-0.2, 0) is 4.79 Å². The van der Waals surface area contributed by atoms with Crippen molar-refractivity contribution in [2.75, 3.05) is 6.54 Å². The number of hydrogen-bond donors (Lipinski definition) is 2. The van der Waals surface area contributed by atoms with Gasteiger partial charge in [-0.25, -0.2) is 0 Å². The summed E-state index contributed by atoms with van der Waals surface area (Å²) in [6, 6.07) is 6.41. The number of amides is 2. The number of nitrogens with one attached hydrogen (secondary N) is 2. The Morgan fingerprint density at radius 2 is 1.67 bits per heavy atom. The lowest BCUT2D eigenvalue weighted by Crippen LogP contribution is -2.49. The fourth-order valence-corrected chi connectivity index (χ4v) is 3.51. The van der Waals surface area contributed by atoms with Gasteiger partial charge in [0, 0.05) is 20.9 Å². The third-order valence-corrected chi connectivity index (χ3v) is 5.23. The lowest BCUT2D eigenvalue weighted by Gasteiger charge is -2.22. The van der Waals surface area contributed by atoms with Gasteiger partial charge in [-0.05, 0) is 38.3 Å². The first-order valence-electron chi connectivity index (χ1n) is 8.66. The second kappa shape index (κ2) is 9.62. The zero-order valence-corrected chi connectivity index (χ0v) is 16.8. The van der Waals surface area contributed by atoms with E-state index >= 15 is 0 Å². The fourth-order valence-electron chi connectivity index (χ4n) is 2.63. The van der Waals surface area contributed by atoms with Crippen molar-refractivity contribution in [3.8, 4) is 0 Å². The molecule has 0 saturated carbocycles. The van der Waals surface area contributed by atoms with E-state index in [2.05, 4.69) is 23.7 Å². The van der Waals surface area contributed by atoms with Gasteiger partial charge in [-0.2, -0.15) is 0 Å². The van der Waals surface area contributed by atoms with E-state index in [1.807, 2.05) is 45.9 Å². The minimum atomic E-state index is -0.508. The van der Waals surface area contributed by atoms with Crippen molar-refractivity contribution in [3.05, 3.63) is 34.9 Å². The summed E-state index contributed by atoms with van der Waals surface area (Å²) in [5.74, 6) is -0.246. The van der Waals surface area contributed by atoms with Gasteiger partial charge in [0.25, 0.3) is 5.91 Å². The summed E-state index contributed by atoms with van der Waals surface area (Å²) in [5, 5.41) is 5.85. The lowest BCUT2D eigenvalue weighted by molar-refractivity contribution is -0.123. The largest absolute Gasteiger partial charge is 0.354 e. The van der Waals surface area contributed by atoms with Crippen molar-refractivity contribution in [1.82, 2.24) is 10.6 Å². The summed E-state index contributed by atoms with van der Waals surface area (Å²) in [6.07, 6.45) is 1.00. The van der Waals surface area contributed by atoms with Gasteiger partial charge in [-0.1, -0.05) is 50.2 Å². The summed E-state index contributed by atoms with van der Waals surface area (Å²) in [5.41, 5.74) is 2.69. The Hall–Kier alpha value is -1.62. The van der Waals surface area contributed by atoms with E-state index in [-0.39, 0.29) is 26.5 Å². The zero-order chi connectivity index (χ0) is 18.3. The topological polar surface area (TPSA) is 58.2 Å². The van der Waals surface area contributed by atoms with Gasteiger partial charge >= 0.3 is 0 Å². The molecule has 0 aliphatic carbocycles. The second-order valence-corrected chi connectivity index (χ2v) is 10.1. The first-order chi connectivity index (χ1) is 11.2. The van der Waals surface area contributed by atoms with Gasteiger partial charge in [0.2, 0.25) is 5.91 Å². The first kappa shape index (κ1) is 20.4. The number of hydrogen-bond acceptors (Lipinski definition) is 2. The average Bonchev–Trinajstić information content (AvgIpc) is 2.47. The van der Waals surface area contributed by atoms with Crippen molar-refractivity contribution < 1.29 is 9.59 Å². The van der Waals surface area contributed by atoms with Crippen LogP contribution in [0.1, 0.15) is 41.8 Å². The van der Waals surface area contributed by atoms with E-state index in [9.17, 15) is 9.59 Å². The maximum atomic E-state index is 12.5. The maximum absolute atomic E-state index is 12.5. The van der Waals surface area contributed by atoms with Crippen LogP contribution in [0.4, 0.5) is 0 Å². The van der Waals surface area contributed by atoms with Crippen LogP contribution >= 0.6 is 0 Å². The van der Waals surface area contributed by atoms with Crippen LogP contribution in [0.15, 0.2) is 18.2 Å². The highest BCUT2D eigenvalue weighted by molar-refractivity contribution is 6.55. The monoisotopic (exact) mass is 347 g/mol. The van der Waals surface area contributed by atoms with Gasteiger partial charge in [-0.3, -0.25) is 9.59 Å². The summed E-state index contributed by atoms with van der Waals surface area (Å²) < 4.78 is 0. The van der Waals surface area contributed by atoms with Gasteiger partial charge in [0.1, 0.15) is 6.04 Å². The molecule has 0 unspecified atom stereocenters. The molecule has 24 heavy (non-hydrogen) atoms. The van der Waals surface area contributed by atoms with Crippen LogP contribution in [0.25, 0.3) is 0 Å². The molecule has 1 radical (unpaired) electrons. The number of rotatable bonds is 8. The van der Waals surface area contributed by atoms with Gasteiger partial charge in [0.05, 0.1) is 0 Å². The molecule has 0 bridgehead atoms. The highest BCUT2D eigenvalue weighted by atomic mass is 28.3. The van der Waals surface area contributed by atoms with Gasteiger partial charge in [-0.15, -0.1) is 0 Å². The van der Waals surface area contributed by atoms with Crippen LogP contribution in [0.2, 0.25) is 19.1 Å². The molecule has 2 amide bonds. The van der Waals surface area contributed by atoms with E-state index in [4.69, 9.17) is 0 Å². The van der Waals surface area contributed by atoms with E-state index in [0.717, 1.165) is 17.5 Å². The Bertz CT molecular complexity index is 550. The van der Waals surface area contributed by atoms with Crippen LogP contribution in [-0.4, -0.2) is 33.2 Å². The highest BCUT2D eigenvalue weighted by Crippen LogP contribution is 2.10. The summed E-state index contributed by atoms with van der Waals surface area (Å²) in [6.45, 7) is 13.1. The minimum absolute atomic E-state index is 0.0387. The lowest BCUT2D eigenvalue weighted by atomic mass is 10.0. The molecule has 1 aromatic rings. The molecule has 1 atom stereocenters. The normalized spacial score (nSPS) is 12.3. The minimum Gasteiger partial charge on any atom is -0.354 e. The van der Waals surface area contributed by atoms with E-state index in [1.54, 1.807) is 0 Å². The molecule has 0 saturated heterocycles. The van der Waals surface area contributed by atoms with Crippen molar-refractivity contribution in [2.24, 2.45) is 5.92 Å². The predicted molar refractivity (Wildman–Crippen MR) is 102 cm³/mol. The molecule has 0 spiro atoms. The van der Waals surface area contributed by atoms with Gasteiger partial charge < -0.3 is 10.6 Å². The Morgan fingerprint density at radius 1 is 1.08 bits per heavy atom. The average molecular weight is 348 g/mol. The highest BCUT2D eigenvalue weighted by Gasteiger charge is 2.24. The molecular weight excluding hydrogens is 316 g/mol. The number of benzene rings is 1. The third kappa shape index (κ3) is 6.87. The molecule has 0 fully saturated rings. The number of carbonyl (C=O) groups excluding carboxylic acids is 2. The van der Waals surface area contributed by atoms with Crippen molar-refractivity contribution in [1.29, 1.82) is 0 Å². The van der Waals surface area contributed by atoms with E-state index < -0.39 is 6.04 Å². The van der Waals surface area contributed by atoms with Crippen LogP contribution in [0.5, 0.6) is 0 Å². The molecule has 0 aromatic heterocycles. The summed E-state index contributed by atoms with van der Waals surface area (Å²) in [4.78, 5) is 24.9. The summed E-state index contributed by atoms with van der Waals surface area (Å²) in [7, 11) is -0.252. The fraction of sp³-hybridized carbons (Fsp3) is 0.579. The molecule has 133 valence electrons. The smallest absolute Gasteiger partial charge is 0.251 e. The molecular formula is C19H31N2O2Si. The predicted octanol–water partition coefficient (Wildman–Crippen LogP) is 3.32. The molecule has 5 heteroatoms. The quantitative estimate of drug-likeness (QED) is 0.560. The van der Waals surface area contributed by atoms with Gasteiger partial charge in [0.15, 0.2) is 0 Å². The zero-order valence-electron chi connectivity index (χ0n) is 15.8. The molecule has 0 aliphatic rings. The third-order valence-electron chi connectivity index (χ3n) is 3.87. The Morgan fingerprint density at radius 3 is 2.17 bits per heavy atom. The number of carbonyl (C=O) groups is 2. The van der Waals surface area contributed by atoms with Crippen molar-refractivity contribution in [3.63, 3.8) is 0 Å². The Labute approximate surface area is 148 Å². The van der Waals surface area contributed by atoms with Crippen LogP contribution in [0, 0.1) is 19.8 Å². The molecule has 1 rings (SSSR count). The number of aryl methyl sites for hydroxylation is 2. The maximum Gasteiger partial charge on any atom is 0.251 e. The second-order valence-electron chi connectivity index (χ2n) is 7.17. The standard InChI is InChI=1S/C19H31N2O2Si/c1-13(2)17(19(23)20-8-7-9-24(5)6)21-18(22)16-11-14(3)10-15(4)12-16/h10-13,17H,7-9H2,1-6H3,(H,20,23)(H,21,22)/t17-/m0/s1. The Balaban J connectivity index is 2.67. The molecule has 4 nitrogen and oxygen atoms in total. The van der Waals surface area contributed by atoms with Crippen LogP contribution < -0.4 is 10.6 Å². The van der Waals surface area contributed by atoms with E-state index in [0.29, 0.717) is 12.1 Å². The van der Waals surface area contributed by atoms with Crippen molar-refractivity contribution >= 4 is 20.6 Å². The van der Waals surface area contributed by atoms with E-state index in [1.165, 1.54) is 6.04 Å². The molecule has 2 N–H and O–H groups in total. The Kier molecular flexibility index (Phi) is 8.18. The SMILES string of the molecule is Cc1cc(C)cc(C(=O)N[C@H](C(=O)NCCC[Si](C)C)C(C)C)c1. The van der Waals surface area contributed by atoms with Crippen molar-refractivity contribution in [2.45, 2.75) is 59.3 Å². The summed E-state index contributed by atoms with van der Waals surface area (Å²) >= 11 is 0. The van der Waals surface area contributed by atoms with Crippen LogP contribution in [0.3, 0.4) is 0 Å². The first-order valence-corrected chi connectivity index (χ1v) is 11.4.